The molecule has 0 fully saturated rings. The van der Waals surface area contributed by atoms with E-state index in [1.165, 1.54) is 51.4 Å². The molecule has 0 spiro atoms. The van der Waals surface area contributed by atoms with Gasteiger partial charge in [0.05, 0.1) is 20.7 Å². The molecule has 0 saturated heterocycles. The van der Waals surface area contributed by atoms with Gasteiger partial charge in [-0.1, -0.05) is 70.4 Å². The van der Waals surface area contributed by atoms with Crippen LogP contribution in [0.1, 0.15) is 96.8 Å². The third-order valence-corrected chi connectivity index (χ3v) is 6.32. The Morgan fingerprint density at radius 3 is 2.06 bits per heavy atom. The van der Waals surface area contributed by atoms with Gasteiger partial charge in [-0.25, -0.2) is 0 Å². The van der Waals surface area contributed by atoms with Crippen molar-refractivity contribution < 1.29 is 38.0 Å². The quantitative estimate of drug-likeness (QED) is 0.0889. The summed E-state index contributed by atoms with van der Waals surface area (Å²) in [5.74, 6) is -0.396. The van der Waals surface area contributed by atoms with Gasteiger partial charge in [0.15, 0.2) is 0 Å². The van der Waals surface area contributed by atoms with Crippen LogP contribution in [0.15, 0.2) is 12.2 Å². The summed E-state index contributed by atoms with van der Waals surface area (Å²) >= 11 is 0. The maximum atomic E-state index is 11.8. The normalized spacial score (nSPS) is 14.5. The summed E-state index contributed by atoms with van der Waals surface area (Å²) in [4.78, 5) is 24.4. The molecule has 0 rings (SSSR count). The summed E-state index contributed by atoms with van der Waals surface area (Å²) in [6.07, 6.45) is 19.1. The van der Waals surface area contributed by atoms with Crippen LogP contribution in [0.5, 0.6) is 0 Å². The van der Waals surface area contributed by atoms with Gasteiger partial charge in [0.1, 0.15) is 25.9 Å². The zero-order chi connectivity index (χ0) is 25.5. The van der Waals surface area contributed by atoms with Crippen molar-refractivity contribution in [3.63, 3.8) is 0 Å². The highest BCUT2D eigenvalue weighted by molar-refractivity contribution is 7.45. The van der Waals surface area contributed by atoms with E-state index in [1.807, 2.05) is 14.1 Å². The molecule has 0 aliphatic heterocycles. The van der Waals surface area contributed by atoms with Gasteiger partial charge in [-0.3, -0.25) is 9.36 Å². The number of likely N-dealkylation sites (N-methyl/N-ethyl adjacent to an activating group) is 1. The highest BCUT2D eigenvalue weighted by atomic mass is 31.2. The monoisotopic (exact) mass is 507 g/mol. The first-order valence-corrected chi connectivity index (χ1v) is 14.6. The SMILES string of the molecule is CCCCCCCC/C=C\CCCCCCCC(=O)OC[C@@H](O)COP(=O)([O-])OCC[NH+](C)C. The maximum Gasteiger partial charge on any atom is 0.305 e. The van der Waals surface area contributed by atoms with Crippen molar-refractivity contribution in [2.45, 2.75) is 103 Å². The van der Waals surface area contributed by atoms with Crippen molar-refractivity contribution in [3.8, 4) is 0 Å². The van der Waals surface area contributed by atoms with Crippen LogP contribution >= 0.6 is 7.82 Å². The van der Waals surface area contributed by atoms with Crippen LogP contribution in [-0.4, -0.2) is 57.6 Å². The van der Waals surface area contributed by atoms with Gasteiger partial charge >= 0.3 is 5.97 Å². The molecule has 0 amide bonds. The van der Waals surface area contributed by atoms with Crippen LogP contribution in [0.4, 0.5) is 0 Å². The van der Waals surface area contributed by atoms with E-state index in [0.717, 1.165) is 37.0 Å². The predicted octanol–water partition coefficient (Wildman–Crippen LogP) is 3.57. The van der Waals surface area contributed by atoms with Gasteiger partial charge in [0.25, 0.3) is 7.82 Å². The Labute approximate surface area is 207 Å². The van der Waals surface area contributed by atoms with Crippen molar-refractivity contribution >= 4 is 13.8 Å². The van der Waals surface area contributed by atoms with Gasteiger partial charge in [-0.2, -0.15) is 0 Å². The lowest BCUT2D eigenvalue weighted by atomic mass is 10.1. The second kappa shape index (κ2) is 22.7. The van der Waals surface area contributed by atoms with Crippen molar-refractivity contribution in [2.24, 2.45) is 0 Å². The average molecular weight is 508 g/mol. The molecule has 0 saturated carbocycles. The zero-order valence-electron chi connectivity index (χ0n) is 21.8. The molecule has 0 aliphatic carbocycles. The van der Waals surface area contributed by atoms with Crippen molar-refractivity contribution in [1.82, 2.24) is 0 Å². The van der Waals surface area contributed by atoms with E-state index in [9.17, 15) is 19.4 Å². The molecule has 2 N–H and O–H groups in total. The molecular weight excluding hydrogens is 457 g/mol. The Morgan fingerprint density at radius 1 is 0.912 bits per heavy atom. The Morgan fingerprint density at radius 2 is 1.47 bits per heavy atom. The zero-order valence-corrected chi connectivity index (χ0v) is 22.7. The number of phosphoric ester groups is 1. The van der Waals surface area contributed by atoms with Crippen molar-refractivity contribution in [2.75, 3.05) is 40.5 Å². The molecule has 1 unspecified atom stereocenters. The number of aliphatic hydroxyl groups excluding tert-OH is 1. The minimum absolute atomic E-state index is 0.00411. The largest absolute Gasteiger partial charge is 0.756 e. The van der Waals surface area contributed by atoms with E-state index in [0.29, 0.717) is 13.0 Å². The number of nitrogens with one attached hydrogen (secondary N) is 1. The summed E-state index contributed by atoms with van der Waals surface area (Å²) in [6.45, 7) is 1.95. The number of ether oxygens (including phenoxy) is 1. The lowest BCUT2D eigenvalue weighted by molar-refractivity contribution is -0.858. The number of unbranched alkanes of at least 4 members (excludes halogenated alkanes) is 11. The van der Waals surface area contributed by atoms with Crippen LogP contribution in [0, 0.1) is 0 Å². The Bertz CT molecular complexity index is 557. The Hall–Kier alpha value is -0.760. The average Bonchev–Trinajstić information content (AvgIpc) is 2.78. The fourth-order valence-corrected chi connectivity index (χ4v) is 3.97. The third-order valence-electron chi connectivity index (χ3n) is 5.36. The molecule has 8 nitrogen and oxygen atoms in total. The molecule has 0 radical (unpaired) electrons. The van der Waals surface area contributed by atoms with E-state index in [1.54, 1.807) is 0 Å². The first-order valence-electron chi connectivity index (χ1n) is 13.1. The predicted molar refractivity (Wildman–Crippen MR) is 134 cm³/mol. The summed E-state index contributed by atoms with van der Waals surface area (Å²) in [5, 5.41) is 9.75. The molecule has 34 heavy (non-hydrogen) atoms. The topological polar surface area (TPSA) is 110 Å². The van der Waals surface area contributed by atoms with E-state index in [2.05, 4.69) is 28.1 Å². The molecule has 0 aromatic carbocycles. The van der Waals surface area contributed by atoms with Gasteiger partial charge < -0.3 is 28.7 Å². The van der Waals surface area contributed by atoms with Crippen LogP contribution in [0.2, 0.25) is 0 Å². The lowest BCUT2D eigenvalue weighted by Crippen LogP contribution is -3.06. The van der Waals surface area contributed by atoms with E-state index in [-0.39, 0.29) is 13.2 Å². The van der Waals surface area contributed by atoms with E-state index in [4.69, 9.17) is 4.74 Å². The smallest absolute Gasteiger partial charge is 0.305 e. The summed E-state index contributed by atoms with van der Waals surface area (Å²) < 4.78 is 25.9. The van der Waals surface area contributed by atoms with Crippen LogP contribution < -0.4 is 9.79 Å². The minimum atomic E-state index is -4.46. The number of allylic oxidation sites excluding steroid dienone is 2. The number of esters is 1. The molecule has 0 bridgehead atoms. The van der Waals surface area contributed by atoms with E-state index >= 15 is 0 Å². The number of phosphoric acid groups is 1. The highest BCUT2D eigenvalue weighted by Gasteiger charge is 2.15. The third kappa shape index (κ3) is 24.4. The Balaban J connectivity index is 3.55. The fraction of sp³-hybridized carbons (Fsp3) is 0.880. The summed E-state index contributed by atoms with van der Waals surface area (Å²) in [6, 6.07) is 0. The first kappa shape index (κ1) is 33.2. The molecule has 9 heteroatoms. The van der Waals surface area contributed by atoms with Gasteiger partial charge in [0.2, 0.25) is 0 Å². The number of hydrogen-bond donors (Lipinski definition) is 2. The molecule has 202 valence electrons. The van der Waals surface area contributed by atoms with Crippen LogP contribution in [-0.2, 0) is 23.1 Å². The summed E-state index contributed by atoms with van der Waals surface area (Å²) in [7, 11) is -0.724. The number of aliphatic hydroxyl groups is 1. The van der Waals surface area contributed by atoms with Crippen LogP contribution in [0.3, 0.4) is 0 Å². The highest BCUT2D eigenvalue weighted by Crippen LogP contribution is 2.37. The molecule has 0 aromatic heterocycles. The lowest BCUT2D eigenvalue weighted by Gasteiger charge is -2.24. The standard InChI is InChI=1S/C25H50NO7P/c1-4-5-6-7-8-9-10-11-12-13-14-15-16-17-18-19-25(28)31-22-24(27)23-33-34(29,30)32-21-20-26(2)3/h11-12,24,27H,4-10,13-23H2,1-3H3,(H,29,30)/b12-11-/t24-/m1/s1. The van der Waals surface area contributed by atoms with Gasteiger partial charge in [-0.05, 0) is 32.1 Å². The molecule has 0 heterocycles. The van der Waals surface area contributed by atoms with Crippen molar-refractivity contribution in [1.29, 1.82) is 0 Å². The summed E-state index contributed by atoms with van der Waals surface area (Å²) in [5.41, 5.74) is 0. The number of carbonyl (C=O) groups is 1. The minimum Gasteiger partial charge on any atom is -0.756 e. The molecule has 2 atom stereocenters. The second-order valence-electron chi connectivity index (χ2n) is 9.20. The fourth-order valence-electron chi connectivity index (χ4n) is 3.23. The maximum absolute atomic E-state index is 11.8. The second-order valence-corrected chi connectivity index (χ2v) is 10.6. The molecular formula is C25H50NO7P. The number of quaternary nitrogens is 1. The van der Waals surface area contributed by atoms with Gasteiger partial charge in [-0.15, -0.1) is 0 Å². The van der Waals surface area contributed by atoms with Crippen molar-refractivity contribution in [3.05, 3.63) is 12.2 Å². The molecule has 0 aromatic rings. The van der Waals surface area contributed by atoms with E-state index < -0.39 is 26.5 Å². The number of hydrogen-bond acceptors (Lipinski definition) is 7. The number of rotatable bonds is 24. The molecule has 0 aliphatic rings. The van der Waals surface area contributed by atoms with Gasteiger partial charge in [0, 0.05) is 6.42 Å². The van der Waals surface area contributed by atoms with Crippen LogP contribution in [0.25, 0.3) is 0 Å². The Kier molecular flexibility index (Phi) is 22.2. The first-order chi connectivity index (χ1) is 16.3. The number of carbonyl (C=O) groups excluding carboxylic acids is 1.